The van der Waals surface area contributed by atoms with Crippen molar-refractivity contribution < 1.29 is 29.0 Å². The summed E-state index contributed by atoms with van der Waals surface area (Å²) in [5.41, 5.74) is 1.42. The van der Waals surface area contributed by atoms with E-state index in [0.717, 1.165) is 19.3 Å². The molecule has 0 aliphatic heterocycles. The van der Waals surface area contributed by atoms with Gasteiger partial charge in [0.05, 0.1) is 25.2 Å². The predicted molar refractivity (Wildman–Crippen MR) is 122 cm³/mol. The van der Waals surface area contributed by atoms with Gasteiger partial charge in [-0.3, -0.25) is 9.59 Å². The Morgan fingerprint density at radius 1 is 0.844 bits per heavy atom. The summed E-state index contributed by atoms with van der Waals surface area (Å²) in [4.78, 5) is 36.3. The molecular formula is C26H32O6. The van der Waals surface area contributed by atoms with Crippen LogP contribution in [0.4, 0.5) is 0 Å². The van der Waals surface area contributed by atoms with Crippen molar-refractivity contribution in [2.45, 2.75) is 58.8 Å². The van der Waals surface area contributed by atoms with Crippen molar-refractivity contribution in [1.29, 1.82) is 0 Å². The summed E-state index contributed by atoms with van der Waals surface area (Å²) >= 11 is 0. The normalized spacial score (nSPS) is 10.6. The van der Waals surface area contributed by atoms with E-state index in [1.165, 1.54) is 25.3 Å². The van der Waals surface area contributed by atoms with Crippen LogP contribution in [0.5, 0.6) is 5.75 Å². The van der Waals surface area contributed by atoms with Gasteiger partial charge in [-0.2, -0.15) is 0 Å². The number of ether oxygens (including phenoxy) is 2. The lowest BCUT2D eigenvalue weighted by atomic mass is 9.98. The molecule has 2 aromatic rings. The molecule has 1 N–H and O–H groups in total. The summed E-state index contributed by atoms with van der Waals surface area (Å²) in [7, 11) is 0. The topological polar surface area (TPSA) is 89.9 Å². The van der Waals surface area contributed by atoms with Gasteiger partial charge in [-0.1, -0.05) is 51.2 Å². The molecule has 0 fully saturated rings. The Morgan fingerprint density at radius 3 is 2.25 bits per heavy atom. The van der Waals surface area contributed by atoms with Crippen LogP contribution >= 0.6 is 0 Å². The second kappa shape index (κ2) is 13.3. The fourth-order valence-electron chi connectivity index (χ4n) is 3.40. The third-order valence-electron chi connectivity index (χ3n) is 5.06. The largest absolute Gasteiger partial charge is 0.493 e. The van der Waals surface area contributed by atoms with Gasteiger partial charge in [0.15, 0.2) is 5.78 Å². The minimum atomic E-state index is -0.997. The molecule has 0 aromatic heterocycles. The minimum Gasteiger partial charge on any atom is -0.493 e. The first-order valence-electron chi connectivity index (χ1n) is 11.3. The maximum absolute atomic E-state index is 13.0. The van der Waals surface area contributed by atoms with Crippen LogP contribution in [0, 0.1) is 0 Å². The molecule has 0 saturated carbocycles. The first-order chi connectivity index (χ1) is 15.5. The van der Waals surface area contributed by atoms with Crippen LogP contribution in [-0.2, 0) is 16.0 Å². The molecular weight excluding hydrogens is 408 g/mol. The molecule has 0 bridgehead atoms. The van der Waals surface area contributed by atoms with E-state index in [0.29, 0.717) is 34.6 Å². The molecule has 0 heterocycles. The summed E-state index contributed by atoms with van der Waals surface area (Å²) in [5, 5.41) is 9.29. The van der Waals surface area contributed by atoms with E-state index in [9.17, 15) is 19.5 Å². The van der Waals surface area contributed by atoms with Crippen LogP contribution in [0.1, 0.15) is 84.2 Å². The van der Waals surface area contributed by atoms with Crippen LogP contribution in [0.3, 0.4) is 0 Å². The molecule has 0 aliphatic rings. The number of hydrogen-bond donors (Lipinski definition) is 1. The highest BCUT2D eigenvalue weighted by molar-refractivity contribution is 6.10. The zero-order valence-electron chi connectivity index (χ0n) is 18.9. The Kier molecular flexibility index (Phi) is 10.4. The molecule has 6 heteroatoms. The SMILES string of the molecule is CCCCCCCCOc1ccc(C(=O)c2cccc(C(=O)OCC)c2)cc1CC(=O)O. The summed E-state index contributed by atoms with van der Waals surface area (Å²) in [6, 6.07) is 11.1. The lowest BCUT2D eigenvalue weighted by Gasteiger charge is -2.12. The van der Waals surface area contributed by atoms with Gasteiger partial charge in [-0.05, 0) is 43.7 Å². The van der Waals surface area contributed by atoms with Crippen LogP contribution in [0.2, 0.25) is 0 Å². The number of unbranched alkanes of at least 4 members (excludes halogenated alkanes) is 5. The van der Waals surface area contributed by atoms with Crippen molar-refractivity contribution in [3.05, 3.63) is 64.7 Å². The summed E-state index contributed by atoms with van der Waals surface area (Å²) in [5.74, 6) is -1.31. The first kappa shape index (κ1) is 25.1. The number of hydrogen-bond acceptors (Lipinski definition) is 5. The Morgan fingerprint density at radius 2 is 1.53 bits per heavy atom. The van der Waals surface area contributed by atoms with Crippen molar-refractivity contribution in [1.82, 2.24) is 0 Å². The molecule has 0 amide bonds. The summed E-state index contributed by atoms with van der Waals surface area (Å²) in [6.07, 6.45) is 6.55. The molecule has 0 unspecified atom stereocenters. The molecule has 6 nitrogen and oxygen atoms in total. The summed E-state index contributed by atoms with van der Waals surface area (Å²) < 4.78 is 10.8. The van der Waals surface area contributed by atoms with Gasteiger partial charge in [-0.25, -0.2) is 4.79 Å². The number of rotatable bonds is 14. The Bertz CT molecular complexity index is 918. The van der Waals surface area contributed by atoms with Gasteiger partial charge in [0, 0.05) is 16.7 Å². The number of esters is 1. The van der Waals surface area contributed by atoms with Gasteiger partial charge < -0.3 is 14.6 Å². The Balaban J connectivity index is 2.12. The number of carboxylic acids is 1. The standard InChI is InChI=1S/C26H32O6/c1-3-5-6-7-8-9-15-32-23-14-13-20(17-22(23)18-24(27)28)25(29)19-11-10-12-21(16-19)26(30)31-4-2/h10-14,16-17H,3-9,15,18H2,1-2H3,(H,27,28). The molecule has 0 aliphatic carbocycles. The molecule has 32 heavy (non-hydrogen) atoms. The first-order valence-corrected chi connectivity index (χ1v) is 11.3. The number of carboxylic acid groups (broad SMARTS) is 1. The maximum Gasteiger partial charge on any atom is 0.338 e. The van der Waals surface area contributed by atoms with Crippen molar-refractivity contribution in [2.75, 3.05) is 13.2 Å². The molecule has 0 radical (unpaired) electrons. The Labute approximate surface area is 189 Å². The highest BCUT2D eigenvalue weighted by Gasteiger charge is 2.16. The molecule has 0 saturated heterocycles. The smallest absolute Gasteiger partial charge is 0.338 e. The number of ketones is 1. The molecule has 0 atom stereocenters. The number of carbonyl (C=O) groups is 3. The molecule has 2 aromatic carbocycles. The van der Waals surface area contributed by atoms with Gasteiger partial charge in [0.2, 0.25) is 0 Å². The van der Waals surface area contributed by atoms with Gasteiger partial charge in [0.25, 0.3) is 0 Å². The molecule has 2 rings (SSSR count). The van der Waals surface area contributed by atoms with E-state index in [1.807, 2.05) is 0 Å². The van der Waals surface area contributed by atoms with E-state index in [-0.39, 0.29) is 18.8 Å². The number of benzene rings is 2. The number of carbonyl (C=O) groups excluding carboxylic acids is 2. The lowest BCUT2D eigenvalue weighted by Crippen LogP contribution is -2.09. The number of aliphatic carboxylic acids is 1. The monoisotopic (exact) mass is 440 g/mol. The third kappa shape index (κ3) is 7.84. The van der Waals surface area contributed by atoms with Crippen LogP contribution < -0.4 is 4.74 Å². The van der Waals surface area contributed by atoms with E-state index in [4.69, 9.17) is 9.47 Å². The second-order valence-corrected chi connectivity index (χ2v) is 7.64. The van der Waals surface area contributed by atoms with Crippen LogP contribution in [0.15, 0.2) is 42.5 Å². The summed E-state index contributed by atoms with van der Waals surface area (Å²) in [6.45, 7) is 4.65. The highest BCUT2D eigenvalue weighted by atomic mass is 16.5. The van der Waals surface area contributed by atoms with E-state index >= 15 is 0 Å². The second-order valence-electron chi connectivity index (χ2n) is 7.64. The average molecular weight is 441 g/mol. The van der Waals surface area contributed by atoms with Crippen molar-refractivity contribution in [3.8, 4) is 5.75 Å². The quantitative estimate of drug-likeness (QED) is 0.238. The zero-order chi connectivity index (χ0) is 23.3. The van der Waals surface area contributed by atoms with E-state index in [1.54, 1.807) is 43.3 Å². The van der Waals surface area contributed by atoms with Gasteiger partial charge in [-0.15, -0.1) is 0 Å². The van der Waals surface area contributed by atoms with Gasteiger partial charge >= 0.3 is 11.9 Å². The lowest BCUT2D eigenvalue weighted by molar-refractivity contribution is -0.136. The van der Waals surface area contributed by atoms with Crippen molar-refractivity contribution >= 4 is 17.7 Å². The zero-order valence-corrected chi connectivity index (χ0v) is 18.9. The van der Waals surface area contributed by atoms with E-state index in [2.05, 4.69) is 6.92 Å². The minimum absolute atomic E-state index is 0.240. The van der Waals surface area contributed by atoms with Gasteiger partial charge in [0.1, 0.15) is 5.75 Å². The van der Waals surface area contributed by atoms with Crippen molar-refractivity contribution in [3.63, 3.8) is 0 Å². The van der Waals surface area contributed by atoms with E-state index < -0.39 is 11.9 Å². The Hall–Kier alpha value is -3.15. The van der Waals surface area contributed by atoms with Crippen LogP contribution in [-0.4, -0.2) is 36.0 Å². The fraction of sp³-hybridized carbons (Fsp3) is 0.423. The average Bonchev–Trinajstić information content (AvgIpc) is 2.78. The third-order valence-corrected chi connectivity index (χ3v) is 5.06. The molecule has 0 spiro atoms. The predicted octanol–water partition coefficient (Wildman–Crippen LogP) is 5.46. The fourth-order valence-corrected chi connectivity index (χ4v) is 3.40. The highest BCUT2D eigenvalue weighted by Crippen LogP contribution is 2.24. The van der Waals surface area contributed by atoms with Crippen LogP contribution in [0.25, 0.3) is 0 Å². The maximum atomic E-state index is 13.0. The van der Waals surface area contributed by atoms with Crippen molar-refractivity contribution in [2.24, 2.45) is 0 Å². The molecule has 172 valence electrons.